The van der Waals surface area contributed by atoms with Crippen LogP contribution in [-0.2, 0) is 0 Å². The van der Waals surface area contributed by atoms with Crippen molar-refractivity contribution in [3.8, 4) is 0 Å². The summed E-state index contributed by atoms with van der Waals surface area (Å²) in [6, 6.07) is 5.82. The van der Waals surface area contributed by atoms with Gasteiger partial charge in [0.15, 0.2) is 0 Å². The van der Waals surface area contributed by atoms with Gasteiger partial charge < -0.3 is 5.73 Å². The van der Waals surface area contributed by atoms with Crippen LogP contribution in [0.4, 0.5) is 0 Å². The summed E-state index contributed by atoms with van der Waals surface area (Å²) in [6.07, 6.45) is 5.67. The minimum Gasteiger partial charge on any atom is -0.366 e. The summed E-state index contributed by atoms with van der Waals surface area (Å²) in [5.41, 5.74) is 8.56. The largest absolute Gasteiger partial charge is 0.366 e. The maximum atomic E-state index is 11.0. The van der Waals surface area contributed by atoms with Crippen LogP contribution in [0.3, 0.4) is 0 Å². The van der Waals surface area contributed by atoms with Crippen LogP contribution in [-0.4, -0.2) is 5.91 Å². The summed E-state index contributed by atoms with van der Waals surface area (Å²) in [6.45, 7) is 0. The van der Waals surface area contributed by atoms with E-state index in [2.05, 4.69) is 12.2 Å². The normalized spacial score (nSPS) is 26.6. The molecule has 0 saturated heterocycles. The Labute approximate surface area is 82.4 Å². The van der Waals surface area contributed by atoms with Crippen LogP contribution >= 0.6 is 0 Å². The van der Waals surface area contributed by atoms with Gasteiger partial charge in [-0.15, -0.1) is 0 Å². The molecule has 2 heteroatoms. The lowest BCUT2D eigenvalue weighted by Gasteiger charge is -2.10. The van der Waals surface area contributed by atoms with Crippen molar-refractivity contribution in [2.75, 3.05) is 0 Å². The van der Waals surface area contributed by atoms with Gasteiger partial charge >= 0.3 is 0 Å². The number of rotatable bonds is 1. The van der Waals surface area contributed by atoms with E-state index in [1.54, 1.807) is 0 Å². The van der Waals surface area contributed by atoms with Gasteiger partial charge in [-0.1, -0.05) is 18.2 Å². The SMILES string of the molecule is NC(=O)c1ccc2c(c1)C1C=CC2C1. The van der Waals surface area contributed by atoms with Gasteiger partial charge in [0.1, 0.15) is 0 Å². The predicted molar refractivity (Wildman–Crippen MR) is 54.2 cm³/mol. The fourth-order valence-electron chi connectivity index (χ4n) is 2.55. The first-order valence-corrected chi connectivity index (χ1v) is 4.87. The van der Waals surface area contributed by atoms with Crippen molar-refractivity contribution in [2.24, 2.45) is 5.73 Å². The fraction of sp³-hybridized carbons (Fsp3) is 0.250. The topological polar surface area (TPSA) is 43.1 Å². The molecule has 1 aromatic carbocycles. The average Bonchev–Trinajstić information content (AvgIpc) is 2.77. The molecule has 70 valence electrons. The Morgan fingerprint density at radius 1 is 1.21 bits per heavy atom. The van der Waals surface area contributed by atoms with Crippen molar-refractivity contribution in [1.29, 1.82) is 0 Å². The molecule has 0 radical (unpaired) electrons. The maximum Gasteiger partial charge on any atom is 0.248 e. The summed E-state index contributed by atoms with van der Waals surface area (Å²) in [4.78, 5) is 11.0. The molecule has 0 aromatic heterocycles. The number of fused-ring (bicyclic) bond motifs is 5. The van der Waals surface area contributed by atoms with Crippen LogP contribution in [0, 0.1) is 0 Å². The minimum atomic E-state index is -0.334. The van der Waals surface area contributed by atoms with E-state index in [0.717, 1.165) is 0 Å². The molecular weight excluding hydrogens is 174 g/mol. The minimum absolute atomic E-state index is 0.334. The van der Waals surface area contributed by atoms with Crippen molar-refractivity contribution in [2.45, 2.75) is 18.3 Å². The van der Waals surface area contributed by atoms with Gasteiger partial charge in [-0.05, 0) is 29.7 Å². The molecule has 2 nitrogen and oxygen atoms in total. The molecule has 0 aliphatic heterocycles. The molecule has 1 amide bonds. The summed E-state index contributed by atoms with van der Waals surface area (Å²) in [5, 5.41) is 0. The number of allylic oxidation sites excluding steroid dienone is 2. The first kappa shape index (κ1) is 7.80. The zero-order chi connectivity index (χ0) is 9.71. The molecule has 0 heterocycles. The number of carbonyl (C=O) groups excluding carboxylic acids is 1. The Morgan fingerprint density at radius 3 is 2.64 bits per heavy atom. The summed E-state index contributed by atoms with van der Waals surface area (Å²) < 4.78 is 0. The number of amides is 1. The highest BCUT2D eigenvalue weighted by atomic mass is 16.1. The zero-order valence-corrected chi connectivity index (χ0v) is 7.73. The van der Waals surface area contributed by atoms with Gasteiger partial charge in [0.25, 0.3) is 0 Å². The lowest BCUT2D eigenvalue weighted by molar-refractivity contribution is 0.1000. The molecule has 2 atom stereocenters. The number of nitrogens with two attached hydrogens (primary N) is 1. The quantitative estimate of drug-likeness (QED) is 0.667. The van der Waals surface area contributed by atoms with Crippen LogP contribution in [0.2, 0.25) is 0 Å². The van der Waals surface area contributed by atoms with Crippen LogP contribution in [0.15, 0.2) is 30.4 Å². The summed E-state index contributed by atoms with van der Waals surface area (Å²) >= 11 is 0. The summed E-state index contributed by atoms with van der Waals surface area (Å²) in [7, 11) is 0. The molecule has 14 heavy (non-hydrogen) atoms. The lowest BCUT2D eigenvalue weighted by atomic mass is 9.95. The second kappa shape index (κ2) is 2.47. The molecule has 2 aliphatic rings. The third kappa shape index (κ3) is 0.882. The number of benzene rings is 1. The van der Waals surface area contributed by atoms with Crippen LogP contribution in [0.5, 0.6) is 0 Å². The highest BCUT2D eigenvalue weighted by Gasteiger charge is 2.32. The standard InChI is InChI=1S/C12H11NO/c13-12(14)9-3-4-10-7-1-2-8(5-7)11(10)6-9/h1-4,6-8H,5H2,(H2,13,14). The monoisotopic (exact) mass is 185 g/mol. The van der Waals surface area contributed by atoms with Gasteiger partial charge in [-0.25, -0.2) is 0 Å². The summed E-state index contributed by atoms with van der Waals surface area (Å²) in [5.74, 6) is 0.769. The highest BCUT2D eigenvalue weighted by molar-refractivity contribution is 5.93. The van der Waals surface area contributed by atoms with Crippen molar-refractivity contribution in [1.82, 2.24) is 0 Å². The second-order valence-electron chi connectivity index (χ2n) is 4.04. The van der Waals surface area contributed by atoms with E-state index in [4.69, 9.17) is 5.73 Å². The van der Waals surface area contributed by atoms with E-state index in [9.17, 15) is 4.79 Å². The van der Waals surface area contributed by atoms with Gasteiger partial charge in [0.2, 0.25) is 5.91 Å². The molecular formula is C12H11NO. The number of carbonyl (C=O) groups is 1. The van der Waals surface area contributed by atoms with Crippen molar-refractivity contribution in [3.05, 3.63) is 47.0 Å². The average molecular weight is 185 g/mol. The van der Waals surface area contributed by atoms with Gasteiger partial charge in [0, 0.05) is 17.4 Å². The molecule has 3 rings (SSSR count). The smallest absolute Gasteiger partial charge is 0.248 e. The fourth-order valence-corrected chi connectivity index (χ4v) is 2.55. The number of hydrogen-bond acceptors (Lipinski definition) is 1. The Kier molecular flexibility index (Phi) is 1.38. The molecule has 0 spiro atoms. The third-order valence-electron chi connectivity index (χ3n) is 3.25. The number of hydrogen-bond donors (Lipinski definition) is 1. The van der Waals surface area contributed by atoms with Crippen molar-refractivity contribution < 1.29 is 4.79 Å². The molecule has 1 aromatic rings. The Bertz CT molecular complexity index is 448. The molecule has 2 bridgehead atoms. The maximum absolute atomic E-state index is 11.0. The molecule has 2 aliphatic carbocycles. The third-order valence-corrected chi connectivity index (χ3v) is 3.25. The first-order valence-electron chi connectivity index (χ1n) is 4.87. The molecule has 0 saturated carbocycles. The van der Waals surface area contributed by atoms with Crippen LogP contribution in [0.25, 0.3) is 0 Å². The van der Waals surface area contributed by atoms with E-state index in [0.29, 0.717) is 17.4 Å². The Hall–Kier alpha value is -1.57. The first-order chi connectivity index (χ1) is 6.75. The van der Waals surface area contributed by atoms with E-state index in [1.165, 1.54) is 17.5 Å². The van der Waals surface area contributed by atoms with Crippen molar-refractivity contribution >= 4 is 5.91 Å². The van der Waals surface area contributed by atoms with Crippen LogP contribution < -0.4 is 5.73 Å². The molecule has 2 unspecified atom stereocenters. The predicted octanol–water partition coefficient (Wildman–Crippen LogP) is 1.93. The zero-order valence-electron chi connectivity index (χ0n) is 7.73. The van der Waals surface area contributed by atoms with E-state index in [-0.39, 0.29) is 5.91 Å². The number of primary amides is 1. The van der Waals surface area contributed by atoms with E-state index in [1.807, 2.05) is 18.2 Å². The van der Waals surface area contributed by atoms with Crippen molar-refractivity contribution in [3.63, 3.8) is 0 Å². The van der Waals surface area contributed by atoms with Gasteiger partial charge in [-0.2, -0.15) is 0 Å². The van der Waals surface area contributed by atoms with Gasteiger partial charge in [-0.3, -0.25) is 4.79 Å². The second-order valence-corrected chi connectivity index (χ2v) is 4.04. The molecule has 0 fully saturated rings. The Morgan fingerprint density at radius 2 is 1.93 bits per heavy atom. The van der Waals surface area contributed by atoms with Gasteiger partial charge in [0.05, 0.1) is 0 Å². The van der Waals surface area contributed by atoms with E-state index >= 15 is 0 Å². The highest BCUT2D eigenvalue weighted by Crippen LogP contribution is 2.48. The van der Waals surface area contributed by atoms with Crippen LogP contribution in [0.1, 0.15) is 39.7 Å². The lowest BCUT2D eigenvalue weighted by Crippen LogP contribution is -2.11. The molecule has 2 N–H and O–H groups in total. The Balaban J connectivity index is 2.15. The van der Waals surface area contributed by atoms with E-state index < -0.39 is 0 Å².